The average molecular weight is 833 g/mol. The largest absolute Gasteiger partial charge is 0.500 e. The first-order valence-electron chi connectivity index (χ1n) is 16.5. The van der Waals surface area contributed by atoms with E-state index in [1.54, 1.807) is 6.20 Å². The van der Waals surface area contributed by atoms with Crippen LogP contribution in [0.3, 0.4) is 0 Å². The van der Waals surface area contributed by atoms with Gasteiger partial charge in [-0.15, -0.1) is 54.1 Å². The van der Waals surface area contributed by atoms with Gasteiger partial charge in [0.25, 0.3) is 0 Å². The molecule has 0 saturated carbocycles. The van der Waals surface area contributed by atoms with Crippen molar-refractivity contribution in [2.24, 2.45) is 0 Å². The van der Waals surface area contributed by atoms with E-state index in [-0.39, 0.29) is 20.1 Å². The van der Waals surface area contributed by atoms with Crippen LogP contribution in [0.1, 0.15) is 0 Å². The predicted molar refractivity (Wildman–Crippen MR) is 202 cm³/mol. The number of benzene rings is 6. The van der Waals surface area contributed by atoms with Crippen molar-refractivity contribution in [1.29, 1.82) is 0 Å². The third-order valence-electron chi connectivity index (χ3n) is 8.80. The van der Waals surface area contributed by atoms with E-state index in [0.29, 0.717) is 5.65 Å². The summed E-state index contributed by atoms with van der Waals surface area (Å²) in [5, 5.41) is 4.38. The Labute approximate surface area is 308 Å². The first kappa shape index (κ1) is 32.0. The van der Waals surface area contributed by atoms with Crippen LogP contribution in [0.4, 0.5) is 0 Å². The van der Waals surface area contributed by atoms with E-state index >= 15 is 0 Å². The molecule has 10 aromatic rings. The number of hydrogen-bond acceptors (Lipinski definition) is 4. The summed E-state index contributed by atoms with van der Waals surface area (Å²) in [6.45, 7) is 0. The van der Waals surface area contributed by atoms with Crippen molar-refractivity contribution in [2.45, 2.75) is 0 Å². The Morgan fingerprint density at radius 1 is 0.529 bits per heavy atom. The Morgan fingerprint density at radius 2 is 1.29 bits per heavy atom. The molecule has 0 spiro atoms. The Morgan fingerprint density at radius 3 is 2.10 bits per heavy atom. The standard InChI is InChI=1S/C34H20N3O.C11H8N.Ir/c1-3-11-23(12-4-1)29-20-21-30-33(35-29)36-34(37(30)24-13-5-2-6-14-24)28-17-9-16-26-27-19-18-22-10-7-8-15-25(22)31(27)38-32(26)28;1-2-6-10(7-3-1)11-8-4-5-9-12-11;/h1-16,18-21H;1-6,8-9H;/q2*-1;. The number of fused-ring (bicyclic) bond motifs is 6. The quantitative estimate of drug-likeness (QED) is 0.166. The van der Waals surface area contributed by atoms with Crippen LogP contribution in [-0.4, -0.2) is 19.5 Å². The van der Waals surface area contributed by atoms with Gasteiger partial charge in [-0.3, -0.25) is 4.98 Å². The number of hydrogen-bond donors (Lipinski definition) is 0. The molecule has 51 heavy (non-hydrogen) atoms. The van der Waals surface area contributed by atoms with Crippen molar-refractivity contribution in [3.63, 3.8) is 0 Å². The molecule has 0 aliphatic rings. The van der Waals surface area contributed by atoms with Gasteiger partial charge in [0.15, 0.2) is 5.65 Å². The molecule has 4 heterocycles. The van der Waals surface area contributed by atoms with Crippen LogP contribution in [0.5, 0.6) is 0 Å². The third kappa shape index (κ3) is 6.01. The normalized spacial score (nSPS) is 11.0. The first-order valence-corrected chi connectivity index (χ1v) is 16.5. The Kier molecular flexibility index (Phi) is 8.77. The van der Waals surface area contributed by atoms with E-state index < -0.39 is 0 Å². The van der Waals surface area contributed by atoms with Crippen LogP contribution in [0.2, 0.25) is 0 Å². The summed E-state index contributed by atoms with van der Waals surface area (Å²) in [4.78, 5) is 14.3. The fourth-order valence-electron chi connectivity index (χ4n) is 6.45. The van der Waals surface area contributed by atoms with E-state index in [0.717, 1.165) is 77.8 Å². The molecule has 0 fully saturated rings. The number of aromatic nitrogens is 4. The van der Waals surface area contributed by atoms with Crippen molar-refractivity contribution in [3.8, 4) is 39.6 Å². The molecule has 0 aliphatic heterocycles. The summed E-state index contributed by atoms with van der Waals surface area (Å²) < 4.78 is 8.77. The van der Waals surface area contributed by atoms with Gasteiger partial charge in [0.2, 0.25) is 0 Å². The monoisotopic (exact) mass is 833 g/mol. The fourth-order valence-corrected chi connectivity index (χ4v) is 6.45. The molecule has 6 heteroatoms. The molecular weight excluding hydrogens is 805 g/mol. The van der Waals surface area contributed by atoms with Crippen LogP contribution in [0.25, 0.3) is 83.5 Å². The van der Waals surface area contributed by atoms with Gasteiger partial charge in [-0.25, -0.2) is 4.98 Å². The van der Waals surface area contributed by atoms with Crippen molar-refractivity contribution in [2.75, 3.05) is 0 Å². The molecule has 0 N–H and O–H groups in total. The van der Waals surface area contributed by atoms with E-state index in [1.807, 2.05) is 91.0 Å². The summed E-state index contributed by atoms with van der Waals surface area (Å²) >= 11 is 0. The van der Waals surface area contributed by atoms with E-state index in [4.69, 9.17) is 14.4 Å². The fraction of sp³-hybridized carbons (Fsp3) is 0. The van der Waals surface area contributed by atoms with Crippen molar-refractivity contribution in [1.82, 2.24) is 19.5 Å². The van der Waals surface area contributed by atoms with Gasteiger partial charge in [0.05, 0.1) is 22.6 Å². The number of para-hydroxylation sites is 1. The van der Waals surface area contributed by atoms with Crippen LogP contribution in [-0.2, 0) is 20.1 Å². The van der Waals surface area contributed by atoms with Gasteiger partial charge >= 0.3 is 0 Å². The minimum atomic E-state index is 0. The SMILES string of the molecule is [Ir].[c-]1ccc2c(oc3c4ccccc4ccc23)c1-c1nc2nc(-c3ccccc3)ccc2n1-c1ccccc1.[c-]1ccccc1-c1ccccn1. The molecule has 0 aliphatic carbocycles. The van der Waals surface area contributed by atoms with Gasteiger partial charge in [-0.2, -0.15) is 0 Å². The number of imidazole rings is 1. The zero-order chi connectivity index (χ0) is 33.3. The van der Waals surface area contributed by atoms with Gasteiger partial charge in [0, 0.05) is 48.3 Å². The molecule has 10 rings (SSSR count). The van der Waals surface area contributed by atoms with Gasteiger partial charge in [-0.1, -0.05) is 108 Å². The van der Waals surface area contributed by atoms with E-state index in [2.05, 4.69) is 94.5 Å². The van der Waals surface area contributed by atoms with Crippen LogP contribution in [0.15, 0.2) is 174 Å². The maximum Gasteiger partial charge on any atom is 0.168 e. The van der Waals surface area contributed by atoms with Crippen LogP contribution >= 0.6 is 0 Å². The maximum absolute atomic E-state index is 6.63. The van der Waals surface area contributed by atoms with Crippen molar-refractivity contribution < 1.29 is 24.5 Å². The van der Waals surface area contributed by atoms with Gasteiger partial charge in [0.1, 0.15) is 5.58 Å². The number of rotatable bonds is 4. The predicted octanol–water partition coefficient (Wildman–Crippen LogP) is 11.2. The van der Waals surface area contributed by atoms with Crippen LogP contribution < -0.4 is 0 Å². The van der Waals surface area contributed by atoms with Crippen LogP contribution in [0, 0.1) is 12.1 Å². The molecule has 0 atom stereocenters. The summed E-state index contributed by atoms with van der Waals surface area (Å²) in [6.07, 6.45) is 1.79. The molecule has 0 unspecified atom stereocenters. The summed E-state index contributed by atoms with van der Waals surface area (Å²) in [6, 6.07) is 61.5. The smallest absolute Gasteiger partial charge is 0.168 e. The second kappa shape index (κ2) is 14.0. The maximum atomic E-state index is 6.63. The third-order valence-corrected chi connectivity index (χ3v) is 8.80. The zero-order valence-corrected chi connectivity index (χ0v) is 29.6. The number of furan rings is 1. The summed E-state index contributed by atoms with van der Waals surface area (Å²) in [7, 11) is 0. The average Bonchev–Trinajstić information content (AvgIpc) is 3.78. The van der Waals surface area contributed by atoms with Gasteiger partial charge < -0.3 is 14.0 Å². The van der Waals surface area contributed by atoms with Crippen molar-refractivity contribution >= 4 is 43.9 Å². The minimum Gasteiger partial charge on any atom is -0.500 e. The Balaban J connectivity index is 0.000000245. The molecule has 0 bridgehead atoms. The second-order valence-corrected chi connectivity index (χ2v) is 11.9. The summed E-state index contributed by atoms with van der Waals surface area (Å²) in [5.74, 6) is 0.748. The minimum absolute atomic E-state index is 0. The Hall–Kier alpha value is -6.20. The molecule has 0 saturated heterocycles. The van der Waals surface area contributed by atoms with Gasteiger partial charge in [-0.05, 0) is 41.4 Å². The second-order valence-electron chi connectivity index (χ2n) is 11.9. The Bertz CT molecular complexity index is 2710. The molecule has 4 aromatic heterocycles. The zero-order valence-electron chi connectivity index (χ0n) is 27.2. The molecule has 0 amide bonds. The molecule has 6 aromatic carbocycles. The number of nitrogens with zero attached hydrogens (tertiary/aromatic N) is 4. The molecule has 245 valence electrons. The number of pyridine rings is 2. The molecular formula is C45H28IrN4O-2. The molecule has 1 radical (unpaired) electrons. The van der Waals surface area contributed by atoms with E-state index in [1.165, 1.54) is 0 Å². The van der Waals surface area contributed by atoms with E-state index in [9.17, 15) is 0 Å². The molecule has 5 nitrogen and oxygen atoms in total. The first-order chi connectivity index (χ1) is 24.8. The van der Waals surface area contributed by atoms with Crippen molar-refractivity contribution in [3.05, 3.63) is 182 Å². The summed E-state index contributed by atoms with van der Waals surface area (Å²) in [5.41, 5.74) is 9.03. The topological polar surface area (TPSA) is 56.7 Å².